The number of aryl methyl sites for hydroxylation is 1. The third-order valence-corrected chi connectivity index (χ3v) is 5.17. The molecule has 29 heavy (non-hydrogen) atoms. The van der Waals surface area contributed by atoms with Crippen LogP contribution in [0.1, 0.15) is 11.1 Å². The van der Waals surface area contributed by atoms with E-state index in [1.807, 2.05) is 25.9 Å². The molecule has 0 aliphatic carbocycles. The van der Waals surface area contributed by atoms with Crippen LogP contribution < -0.4 is 4.74 Å². The van der Waals surface area contributed by atoms with Crippen LogP contribution in [0.2, 0.25) is 10.0 Å². The van der Waals surface area contributed by atoms with Crippen molar-refractivity contribution in [3.8, 4) is 28.1 Å². The van der Waals surface area contributed by atoms with E-state index < -0.39 is 5.82 Å². The second-order valence-electron chi connectivity index (χ2n) is 6.31. The highest BCUT2D eigenvalue weighted by molar-refractivity contribution is 7.08. The van der Waals surface area contributed by atoms with Crippen molar-refractivity contribution in [1.82, 2.24) is 9.27 Å². The van der Waals surface area contributed by atoms with Crippen molar-refractivity contribution in [2.45, 2.75) is 6.92 Å². The van der Waals surface area contributed by atoms with E-state index in [4.69, 9.17) is 27.9 Å². The molecule has 9 heteroatoms. The quantitative estimate of drug-likeness (QED) is 0.332. The maximum absolute atomic E-state index is 13.3. The van der Waals surface area contributed by atoms with E-state index in [1.165, 1.54) is 18.2 Å². The van der Waals surface area contributed by atoms with E-state index in [1.54, 1.807) is 18.5 Å². The predicted octanol–water partition coefficient (Wildman–Crippen LogP) is 6.45. The molecular weight excluding hydrogens is 434 g/mol. The van der Waals surface area contributed by atoms with Gasteiger partial charge in [0.25, 0.3) is 0 Å². The van der Waals surface area contributed by atoms with Crippen LogP contribution in [0.5, 0.6) is 10.8 Å². The fourth-order valence-electron chi connectivity index (χ4n) is 2.45. The highest BCUT2D eigenvalue weighted by Gasteiger charge is 2.20. The summed E-state index contributed by atoms with van der Waals surface area (Å²) in [5.74, 6) is -0.0897. The van der Waals surface area contributed by atoms with Gasteiger partial charge < -0.3 is 9.64 Å². The molecule has 2 aromatic carbocycles. The molecule has 0 N–H and O–H groups in total. The molecule has 0 atom stereocenters. The summed E-state index contributed by atoms with van der Waals surface area (Å²) in [5, 5.41) is 10.4. The maximum Gasteiger partial charge on any atom is 0.218 e. The largest absolute Gasteiger partial charge is 0.442 e. The lowest BCUT2D eigenvalue weighted by Crippen LogP contribution is -2.07. The standard InChI is InChI=1S/C20H15Cl2FN4OS/c1-11-6-18(16(22)8-17(11)25-10-27(2)3)28-20-14(9-24)19(26-29-20)13-5-4-12(23)7-15(13)21/h4-8,10H,1-3H3. The highest BCUT2D eigenvalue weighted by Crippen LogP contribution is 2.41. The van der Waals surface area contributed by atoms with Crippen LogP contribution >= 0.6 is 34.7 Å². The lowest BCUT2D eigenvalue weighted by Gasteiger charge is -2.10. The monoisotopic (exact) mass is 448 g/mol. The van der Waals surface area contributed by atoms with E-state index in [9.17, 15) is 9.65 Å². The molecule has 148 valence electrons. The predicted molar refractivity (Wildman–Crippen MR) is 115 cm³/mol. The molecule has 0 fully saturated rings. The zero-order valence-corrected chi connectivity index (χ0v) is 18.0. The first kappa shape index (κ1) is 21.1. The summed E-state index contributed by atoms with van der Waals surface area (Å²) >= 11 is 13.5. The number of benzene rings is 2. The van der Waals surface area contributed by atoms with Crippen LogP contribution in [0.25, 0.3) is 11.3 Å². The fourth-order valence-corrected chi connectivity index (χ4v) is 3.63. The molecule has 3 aromatic rings. The van der Waals surface area contributed by atoms with E-state index in [0.29, 0.717) is 27.7 Å². The number of hydrogen-bond acceptors (Lipinski definition) is 5. The maximum atomic E-state index is 13.3. The van der Waals surface area contributed by atoms with E-state index in [2.05, 4.69) is 15.4 Å². The number of hydrogen-bond donors (Lipinski definition) is 0. The molecule has 1 aromatic heterocycles. The van der Waals surface area contributed by atoms with Gasteiger partial charge in [0.15, 0.2) is 0 Å². The van der Waals surface area contributed by atoms with E-state index >= 15 is 0 Å². The van der Waals surface area contributed by atoms with Crippen LogP contribution in [0.15, 0.2) is 35.3 Å². The van der Waals surface area contributed by atoms with Crippen molar-refractivity contribution in [3.05, 3.63) is 57.3 Å². The minimum Gasteiger partial charge on any atom is -0.442 e. The summed E-state index contributed by atoms with van der Waals surface area (Å²) in [4.78, 5) is 6.18. The van der Waals surface area contributed by atoms with Gasteiger partial charge in [-0.05, 0) is 42.8 Å². The average Bonchev–Trinajstić information content (AvgIpc) is 3.05. The molecule has 5 nitrogen and oxygen atoms in total. The molecule has 3 rings (SSSR count). The molecular formula is C20H15Cl2FN4OS. The van der Waals surface area contributed by atoms with Crippen molar-refractivity contribution in [2.75, 3.05) is 14.1 Å². The highest BCUT2D eigenvalue weighted by atomic mass is 35.5. The lowest BCUT2D eigenvalue weighted by atomic mass is 10.1. The van der Waals surface area contributed by atoms with Crippen molar-refractivity contribution >= 4 is 46.8 Å². The number of aromatic nitrogens is 1. The zero-order chi connectivity index (χ0) is 21.1. The Bertz CT molecular complexity index is 1140. The van der Waals surface area contributed by atoms with Gasteiger partial charge in [-0.1, -0.05) is 23.2 Å². The van der Waals surface area contributed by atoms with Gasteiger partial charge >= 0.3 is 0 Å². The van der Waals surface area contributed by atoms with Gasteiger partial charge in [-0.15, -0.1) is 0 Å². The van der Waals surface area contributed by atoms with Crippen molar-refractivity contribution in [2.24, 2.45) is 4.99 Å². The number of nitriles is 1. The van der Waals surface area contributed by atoms with Crippen LogP contribution in [-0.4, -0.2) is 29.7 Å². The molecule has 0 amide bonds. The number of rotatable bonds is 5. The van der Waals surface area contributed by atoms with Crippen LogP contribution in [0.3, 0.4) is 0 Å². The number of halogens is 3. The van der Waals surface area contributed by atoms with Crippen molar-refractivity contribution in [1.29, 1.82) is 5.26 Å². The average molecular weight is 449 g/mol. The topological polar surface area (TPSA) is 61.5 Å². The van der Waals surface area contributed by atoms with Crippen LogP contribution in [-0.2, 0) is 0 Å². The molecule has 0 aliphatic rings. The van der Waals surface area contributed by atoms with E-state index in [0.717, 1.165) is 17.1 Å². The Hall–Kier alpha value is -2.66. The molecule has 0 saturated carbocycles. The zero-order valence-electron chi connectivity index (χ0n) is 15.7. The molecule has 0 bridgehead atoms. The SMILES string of the molecule is Cc1cc(Oc2snc(-c3ccc(F)cc3Cl)c2C#N)c(Cl)cc1N=CN(C)C. The second kappa shape index (κ2) is 8.78. The van der Waals surface area contributed by atoms with Crippen molar-refractivity contribution in [3.63, 3.8) is 0 Å². The molecule has 0 aliphatic heterocycles. The Morgan fingerprint density at radius 2 is 2.00 bits per heavy atom. The van der Waals surface area contributed by atoms with Gasteiger partial charge in [-0.25, -0.2) is 9.38 Å². The summed E-state index contributed by atoms with van der Waals surface area (Å²) in [7, 11) is 3.74. The molecule has 1 heterocycles. The first-order valence-corrected chi connectivity index (χ1v) is 9.87. The first-order chi connectivity index (χ1) is 13.8. The molecule has 0 spiro atoms. The van der Waals surface area contributed by atoms with Gasteiger partial charge in [0.1, 0.15) is 28.9 Å². The minimum atomic E-state index is -0.469. The first-order valence-electron chi connectivity index (χ1n) is 8.34. The van der Waals surface area contributed by atoms with Crippen LogP contribution in [0.4, 0.5) is 10.1 Å². The van der Waals surface area contributed by atoms with Gasteiger partial charge in [-0.3, -0.25) is 0 Å². The van der Waals surface area contributed by atoms with Crippen molar-refractivity contribution < 1.29 is 9.13 Å². The van der Waals surface area contributed by atoms with Gasteiger partial charge in [0, 0.05) is 31.2 Å². The smallest absolute Gasteiger partial charge is 0.218 e. The molecule has 0 saturated heterocycles. The Morgan fingerprint density at radius 1 is 1.24 bits per heavy atom. The van der Waals surface area contributed by atoms with Gasteiger partial charge in [-0.2, -0.15) is 9.64 Å². The van der Waals surface area contributed by atoms with Gasteiger partial charge in [0.2, 0.25) is 5.06 Å². The normalized spacial score (nSPS) is 10.9. The number of ether oxygens (including phenoxy) is 1. The Balaban J connectivity index is 1.97. The van der Waals surface area contributed by atoms with E-state index in [-0.39, 0.29) is 15.6 Å². The summed E-state index contributed by atoms with van der Waals surface area (Å²) in [5.41, 5.74) is 2.54. The Morgan fingerprint density at radius 3 is 2.66 bits per heavy atom. The summed E-state index contributed by atoms with van der Waals surface area (Å²) < 4.78 is 23.5. The van der Waals surface area contributed by atoms with Crippen LogP contribution in [0, 0.1) is 24.1 Å². The molecule has 0 unspecified atom stereocenters. The summed E-state index contributed by atoms with van der Waals surface area (Å²) in [6.45, 7) is 1.88. The summed E-state index contributed by atoms with van der Waals surface area (Å²) in [6.07, 6.45) is 1.68. The summed E-state index contributed by atoms with van der Waals surface area (Å²) in [6, 6.07) is 9.43. The Labute approximate surface area is 181 Å². The fraction of sp³-hybridized carbons (Fsp3) is 0.150. The molecule has 0 radical (unpaired) electrons. The number of nitrogens with zero attached hydrogens (tertiary/aromatic N) is 4. The van der Waals surface area contributed by atoms with Gasteiger partial charge in [0.05, 0.1) is 22.1 Å². The lowest BCUT2D eigenvalue weighted by molar-refractivity contribution is 0.495. The third kappa shape index (κ3) is 4.67. The third-order valence-electron chi connectivity index (χ3n) is 3.84. The number of aliphatic imine (C=N–C) groups is 1. The Kier molecular flexibility index (Phi) is 6.38. The second-order valence-corrected chi connectivity index (χ2v) is 7.86. The minimum absolute atomic E-state index is 0.162.